The lowest BCUT2D eigenvalue weighted by Gasteiger charge is -2.31. The molecular weight excluding hydrogens is 370 g/mol. The molecule has 0 aliphatic heterocycles. The first kappa shape index (κ1) is 18.6. The van der Waals surface area contributed by atoms with Gasteiger partial charge in [0.2, 0.25) is 0 Å². The summed E-state index contributed by atoms with van der Waals surface area (Å²) >= 11 is 3.44. The van der Waals surface area contributed by atoms with Crippen molar-refractivity contribution >= 4 is 27.7 Å². The Hall–Kier alpha value is -1.74. The van der Waals surface area contributed by atoms with Gasteiger partial charge >= 0.3 is 6.09 Å². The highest BCUT2D eigenvalue weighted by Crippen LogP contribution is 2.26. The summed E-state index contributed by atoms with van der Waals surface area (Å²) < 4.78 is 6.25. The number of halogens is 1. The molecule has 6 heteroatoms. The Kier molecular flexibility index (Phi) is 6.11. The topological polar surface area (TPSA) is 74.2 Å². The van der Waals surface area contributed by atoms with E-state index in [0.29, 0.717) is 11.6 Å². The predicted molar refractivity (Wildman–Crippen MR) is 97.9 cm³/mol. The van der Waals surface area contributed by atoms with Crippen molar-refractivity contribution in [2.24, 2.45) is 0 Å². The van der Waals surface area contributed by atoms with E-state index in [1.54, 1.807) is 0 Å². The van der Waals surface area contributed by atoms with Crippen LogP contribution in [-0.2, 0) is 4.74 Å². The van der Waals surface area contributed by atoms with Crippen molar-refractivity contribution in [3.05, 3.63) is 28.2 Å². The maximum absolute atomic E-state index is 11.8. The van der Waals surface area contributed by atoms with E-state index in [-0.39, 0.29) is 12.1 Å². The van der Waals surface area contributed by atoms with E-state index in [9.17, 15) is 10.1 Å². The summed E-state index contributed by atoms with van der Waals surface area (Å²) in [5, 5.41) is 15.6. The molecule has 0 heterocycles. The van der Waals surface area contributed by atoms with Crippen LogP contribution in [0.1, 0.15) is 52.0 Å². The number of nitrogens with zero attached hydrogens (tertiary/aromatic N) is 1. The average Bonchev–Trinajstić information content (AvgIpc) is 2.47. The maximum Gasteiger partial charge on any atom is 0.407 e. The molecule has 0 radical (unpaired) electrons. The van der Waals surface area contributed by atoms with Gasteiger partial charge in [0.25, 0.3) is 0 Å². The summed E-state index contributed by atoms with van der Waals surface area (Å²) in [7, 11) is 0. The molecule has 0 spiro atoms. The molecular formula is C18H24BrN3O2. The summed E-state index contributed by atoms with van der Waals surface area (Å²) in [5.41, 5.74) is 1.03. The standard InChI is InChI=1S/C18H24BrN3O2/c1-18(2,3)24-17(23)22-15-8-6-14(7-9-15)21-16-10-13(19)5-4-12(16)11-20/h4-5,10,14-15,21H,6-9H2,1-3H3,(H,22,23). The van der Waals surface area contributed by atoms with Crippen LogP contribution >= 0.6 is 15.9 Å². The number of nitriles is 1. The van der Waals surface area contributed by atoms with Gasteiger partial charge in [0.15, 0.2) is 0 Å². The second-order valence-corrected chi connectivity index (χ2v) is 8.06. The Labute approximate surface area is 151 Å². The molecule has 1 amide bonds. The monoisotopic (exact) mass is 393 g/mol. The van der Waals surface area contributed by atoms with Crippen molar-refractivity contribution in [3.8, 4) is 6.07 Å². The van der Waals surface area contributed by atoms with E-state index in [1.165, 1.54) is 0 Å². The first-order valence-electron chi connectivity index (χ1n) is 8.22. The number of ether oxygens (including phenoxy) is 1. The molecule has 0 unspecified atom stereocenters. The minimum Gasteiger partial charge on any atom is -0.444 e. The molecule has 130 valence electrons. The van der Waals surface area contributed by atoms with Crippen LogP contribution in [0, 0.1) is 11.3 Å². The molecule has 5 nitrogen and oxygen atoms in total. The maximum atomic E-state index is 11.8. The number of nitrogens with one attached hydrogen (secondary N) is 2. The van der Waals surface area contributed by atoms with Crippen LogP contribution in [0.15, 0.2) is 22.7 Å². The second-order valence-electron chi connectivity index (χ2n) is 7.14. The number of benzene rings is 1. The highest BCUT2D eigenvalue weighted by Gasteiger charge is 2.25. The zero-order chi connectivity index (χ0) is 17.7. The normalized spacial score (nSPS) is 20.8. The Balaban J connectivity index is 1.84. The van der Waals surface area contributed by atoms with Crippen molar-refractivity contribution in [3.63, 3.8) is 0 Å². The molecule has 1 aliphatic carbocycles. The molecule has 0 atom stereocenters. The Morgan fingerprint density at radius 3 is 2.46 bits per heavy atom. The molecule has 1 aromatic carbocycles. The number of alkyl carbamates (subject to hydrolysis) is 1. The van der Waals surface area contributed by atoms with Gasteiger partial charge in [-0.25, -0.2) is 4.79 Å². The fraction of sp³-hybridized carbons (Fsp3) is 0.556. The van der Waals surface area contributed by atoms with Crippen molar-refractivity contribution in [1.82, 2.24) is 5.32 Å². The van der Waals surface area contributed by atoms with Gasteiger partial charge in [0.1, 0.15) is 11.7 Å². The molecule has 1 saturated carbocycles. The Morgan fingerprint density at radius 1 is 1.25 bits per heavy atom. The number of rotatable bonds is 3. The average molecular weight is 394 g/mol. The molecule has 24 heavy (non-hydrogen) atoms. The lowest BCUT2D eigenvalue weighted by atomic mass is 9.91. The van der Waals surface area contributed by atoms with Crippen LogP contribution in [0.25, 0.3) is 0 Å². The van der Waals surface area contributed by atoms with Crippen LogP contribution in [0.4, 0.5) is 10.5 Å². The van der Waals surface area contributed by atoms with Gasteiger partial charge in [-0.3, -0.25) is 0 Å². The largest absolute Gasteiger partial charge is 0.444 e. The van der Waals surface area contributed by atoms with Gasteiger partial charge in [-0.05, 0) is 64.7 Å². The Morgan fingerprint density at radius 2 is 1.88 bits per heavy atom. The third kappa shape index (κ3) is 5.72. The molecule has 0 bridgehead atoms. The van der Waals surface area contributed by atoms with Crippen LogP contribution < -0.4 is 10.6 Å². The van der Waals surface area contributed by atoms with E-state index in [2.05, 4.69) is 32.6 Å². The highest BCUT2D eigenvalue weighted by atomic mass is 79.9. The number of anilines is 1. The predicted octanol–water partition coefficient (Wildman–Crippen LogP) is 4.57. The number of hydrogen-bond donors (Lipinski definition) is 2. The molecule has 1 aliphatic rings. The molecule has 0 saturated heterocycles. The second kappa shape index (κ2) is 7.89. The van der Waals surface area contributed by atoms with E-state index < -0.39 is 5.60 Å². The molecule has 0 aromatic heterocycles. The fourth-order valence-electron chi connectivity index (χ4n) is 2.81. The molecule has 2 rings (SSSR count). The molecule has 1 aromatic rings. The van der Waals surface area contributed by atoms with Crippen molar-refractivity contribution < 1.29 is 9.53 Å². The first-order valence-corrected chi connectivity index (χ1v) is 9.02. The van der Waals surface area contributed by atoms with Crippen LogP contribution in [0.3, 0.4) is 0 Å². The third-order valence-electron chi connectivity index (χ3n) is 3.91. The Bertz CT molecular complexity index is 626. The van der Waals surface area contributed by atoms with Gasteiger partial charge in [-0.15, -0.1) is 0 Å². The van der Waals surface area contributed by atoms with E-state index in [4.69, 9.17) is 4.74 Å². The fourth-order valence-corrected chi connectivity index (χ4v) is 3.17. The summed E-state index contributed by atoms with van der Waals surface area (Å²) in [6.45, 7) is 5.58. The van der Waals surface area contributed by atoms with Crippen molar-refractivity contribution in [1.29, 1.82) is 5.26 Å². The summed E-state index contributed by atoms with van der Waals surface area (Å²) in [4.78, 5) is 11.8. The summed E-state index contributed by atoms with van der Waals surface area (Å²) in [6, 6.07) is 8.28. The number of amides is 1. The minimum atomic E-state index is -0.475. The van der Waals surface area contributed by atoms with Gasteiger partial charge in [0, 0.05) is 16.6 Å². The smallest absolute Gasteiger partial charge is 0.407 e. The van der Waals surface area contributed by atoms with E-state index in [1.807, 2.05) is 39.0 Å². The quantitative estimate of drug-likeness (QED) is 0.788. The summed E-state index contributed by atoms with van der Waals surface area (Å²) in [6.07, 6.45) is 3.33. The first-order chi connectivity index (χ1) is 11.3. The summed E-state index contributed by atoms with van der Waals surface area (Å²) in [5.74, 6) is 0. The third-order valence-corrected chi connectivity index (χ3v) is 4.40. The van der Waals surface area contributed by atoms with Crippen molar-refractivity contribution in [2.45, 2.75) is 64.1 Å². The van der Waals surface area contributed by atoms with Crippen LogP contribution in [0.5, 0.6) is 0 Å². The lowest BCUT2D eigenvalue weighted by molar-refractivity contribution is 0.0492. The van der Waals surface area contributed by atoms with E-state index >= 15 is 0 Å². The van der Waals surface area contributed by atoms with Gasteiger partial charge < -0.3 is 15.4 Å². The lowest BCUT2D eigenvalue weighted by Crippen LogP contribution is -2.42. The van der Waals surface area contributed by atoms with Gasteiger partial charge in [-0.1, -0.05) is 15.9 Å². The van der Waals surface area contributed by atoms with Gasteiger partial charge in [0.05, 0.1) is 11.3 Å². The molecule has 2 N–H and O–H groups in total. The van der Waals surface area contributed by atoms with Gasteiger partial charge in [-0.2, -0.15) is 5.26 Å². The highest BCUT2D eigenvalue weighted by molar-refractivity contribution is 9.10. The van der Waals surface area contributed by atoms with Crippen LogP contribution in [-0.4, -0.2) is 23.8 Å². The number of hydrogen-bond acceptors (Lipinski definition) is 4. The zero-order valence-corrected chi connectivity index (χ0v) is 15.9. The van der Waals surface area contributed by atoms with Crippen LogP contribution in [0.2, 0.25) is 0 Å². The number of carbonyl (C=O) groups is 1. The van der Waals surface area contributed by atoms with Crippen molar-refractivity contribution in [2.75, 3.05) is 5.32 Å². The minimum absolute atomic E-state index is 0.149. The molecule has 1 fully saturated rings. The number of carbonyl (C=O) groups excluding carboxylic acids is 1. The van der Waals surface area contributed by atoms with E-state index in [0.717, 1.165) is 35.8 Å². The zero-order valence-electron chi connectivity index (χ0n) is 14.4. The SMILES string of the molecule is CC(C)(C)OC(=O)NC1CCC(Nc2cc(Br)ccc2C#N)CC1.